The van der Waals surface area contributed by atoms with Crippen molar-refractivity contribution in [2.75, 3.05) is 5.75 Å². The minimum atomic E-state index is -4.40. The number of alkyl carbamates (subject to hydrolysis) is 1. The zero-order valence-corrected chi connectivity index (χ0v) is 11.2. The number of aliphatic hydroxyl groups is 1. The third-order valence-electron chi connectivity index (χ3n) is 1.74. The summed E-state index contributed by atoms with van der Waals surface area (Å²) in [6.07, 6.45) is -1.04. The van der Waals surface area contributed by atoms with E-state index in [-0.39, 0.29) is 6.42 Å². The van der Waals surface area contributed by atoms with Crippen LogP contribution in [0.4, 0.5) is 4.79 Å². The summed E-state index contributed by atoms with van der Waals surface area (Å²) in [5.74, 6) is -0.990. The summed E-state index contributed by atoms with van der Waals surface area (Å²) in [6, 6.07) is 0. The maximum atomic E-state index is 11.3. The highest BCUT2D eigenvalue weighted by atomic mass is 32.2. The molecule has 8 heteroatoms. The SMILES string of the molecule is CCC(O)(CS(=O)(=O)O)NC(=O)OC(C)(C)C. The number of hydrogen-bond acceptors (Lipinski definition) is 5. The van der Waals surface area contributed by atoms with Crippen molar-refractivity contribution >= 4 is 16.2 Å². The second-order valence-corrected chi connectivity index (χ2v) is 6.19. The molecule has 102 valence electrons. The molecule has 0 spiro atoms. The van der Waals surface area contributed by atoms with Crippen LogP contribution in [-0.2, 0) is 14.9 Å². The number of carbonyl (C=O) groups excluding carboxylic acids is 1. The zero-order valence-electron chi connectivity index (χ0n) is 10.3. The Morgan fingerprint density at radius 2 is 1.82 bits per heavy atom. The van der Waals surface area contributed by atoms with Gasteiger partial charge in [-0.25, -0.2) is 4.79 Å². The Hall–Kier alpha value is -0.860. The third kappa shape index (κ3) is 7.94. The fourth-order valence-corrected chi connectivity index (χ4v) is 1.90. The van der Waals surface area contributed by atoms with Gasteiger partial charge in [-0.2, -0.15) is 8.42 Å². The predicted octanol–water partition coefficient (Wildman–Crippen LogP) is 0.497. The van der Waals surface area contributed by atoms with Crippen molar-refractivity contribution in [2.24, 2.45) is 0 Å². The van der Waals surface area contributed by atoms with E-state index in [0.29, 0.717) is 0 Å². The second kappa shape index (κ2) is 5.19. The van der Waals surface area contributed by atoms with Crippen molar-refractivity contribution < 1.29 is 27.6 Å². The summed E-state index contributed by atoms with van der Waals surface area (Å²) in [6.45, 7) is 6.34. The summed E-state index contributed by atoms with van der Waals surface area (Å²) in [4.78, 5) is 11.3. The lowest BCUT2D eigenvalue weighted by atomic mass is 10.2. The fourth-order valence-electron chi connectivity index (χ4n) is 1.02. The maximum absolute atomic E-state index is 11.3. The molecule has 1 amide bonds. The van der Waals surface area contributed by atoms with Crippen molar-refractivity contribution in [2.45, 2.75) is 45.4 Å². The monoisotopic (exact) mass is 269 g/mol. The van der Waals surface area contributed by atoms with Crippen molar-refractivity contribution in [3.8, 4) is 0 Å². The van der Waals surface area contributed by atoms with Gasteiger partial charge in [-0.1, -0.05) is 6.92 Å². The quantitative estimate of drug-likeness (QED) is 0.506. The average molecular weight is 269 g/mol. The Balaban J connectivity index is 4.65. The smallest absolute Gasteiger partial charge is 0.409 e. The van der Waals surface area contributed by atoms with E-state index in [0.717, 1.165) is 0 Å². The lowest BCUT2D eigenvalue weighted by Gasteiger charge is -2.28. The molecule has 0 saturated carbocycles. The van der Waals surface area contributed by atoms with Gasteiger partial charge in [0, 0.05) is 0 Å². The van der Waals surface area contributed by atoms with E-state index >= 15 is 0 Å². The molecule has 0 radical (unpaired) electrons. The van der Waals surface area contributed by atoms with Gasteiger partial charge < -0.3 is 9.84 Å². The molecule has 0 aliphatic carbocycles. The molecule has 0 aliphatic heterocycles. The summed E-state index contributed by atoms with van der Waals surface area (Å²) in [7, 11) is -4.40. The molecule has 0 aromatic carbocycles. The molecule has 0 aromatic rings. The second-order valence-electron chi connectivity index (χ2n) is 4.74. The van der Waals surface area contributed by atoms with Crippen LogP contribution < -0.4 is 5.32 Å². The molecule has 0 aliphatic rings. The van der Waals surface area contributed by atoms with Crippen LogP contribution in [0.1, 0.15) is 34.1 Å². The van der Waals surface area contributed by atoms with Crippen molar-refractivity contribution in [1.29, 1.82) is 0 Å². The van der Waals surface area contributed by atoms with E-state index in [1.54, 1.807) is 20.8 Å². The van der Waals surface area contributed by atoms with Crippen molar-refractivity contribution in [1.82, 2.24) is 5.32 Å². The van der Waals surface area contributed by atoms with Gasteiger partial charge in [0.1, 0.15) is 11.4 Å². The standard InChI is InChI=1S/C9H19NO6S/c1-5-9(12,6-17(13,14)15)10-7(11)16-8(2,3)4/h12H,5-6H2,1-4H3,(H,10,11)(H,13,14,15). The highest BCUT2D eigenvalue weighted by Gasteiger charge is 2.34. The Bertz CT molecular complexity index is 371. The first-order valence-corrected chi connectivity index (χ1v) is 6.66. The average Bonchev–Trinajstić information content (AvgIpc) is 1.95. The van der Waals surface area contributed by atoms with Crippen molar-refractivity contribution in [3.63, 3.8) is 0 Å². The van der Waals surface area contributed by atoms with Gasteiger partial charge >= 0.3 is 6.09 Å². The first-order chi connectivity index (χ1) is 7.37. The minimum absolute atomic E-state index is 0.0912. The largest absolute Gasteiger partial charge is 0.444 e. The van der Waals surface area contributed by atoms with Crippen LogP contribution >= 0.6 is 0 Å². The topological polar surface area (TPSA) is 113 Å². The summed E-state index contributed by atoms with van der Waals surface area (Å²) in [5, 5.41) is 11.8. The van der Waals surface area contributed by atoms with Gasteiger partial charge in [0.2, 0.25) is 0 Å². The number of rotatable bonds is 4. The third-order valence-corrected chi connectivity index (χ3v) is 2.58. The molecule has 1 unspecified atom stereocenters. The highest BCUT2D eigenvalue weighted by Crippen LogP contribution is 2.12. The number of carbonyl (C=O) groups is 1. The molecule has 0 bridgehead atoms. The molecular formula is C9H19NO6S. The van der Waals surface area contributed by atoms with Gasteiger partial charge in [-0.15, -0.1) is 0 Å². The molecule has 17 heavy (non-hydrogen) atoms. The lowest BCUT2D eigenvalue weighted by molar-refractivity contribution is -0.00305. The molecule has 0 fully saturated rings. The number of hydrogen-bond donors (Lipinski definition) is 3. The Labute approximate surface area is 101 Å². The number of amides is 1. The Morgan fingerprint density at radius 1 is 1.35 bits per heavy atom. The molecule has 0 heterocycles. The van der Waals surface area contributed by atoms with Crippen LogP contribution in [0, 0.1) is 0 Å². The van der Waals surface area contributed by atoms with E-state index in [4.69, 9.17) is 9.29 Å². The summed E-state index contributed by atoms with van der Waals surface area (Å²) < 4.78 is 34.9. The highest BCUT2D eigenvalue weighted by molar-refractivity contribution is 7.85. The molecular weight excluding hydrogens is 250 g/mol. The van der Waals surface area contributed by atoms with Crippen LogP contribution in [0.15, 0.2) is 0 Å². The first-order valence-electron chi connectivity index (χ1n) is 5.05. The fraction of sp³-hybridized carbons (Fsp3) is 0.889. The minimum Gasteiger partial charge on any atom is -0.444 e. The van der Waals surface area contributed by atoms with Crippen LogP contribution in [-0.4, -0.2) is 41.2 Å². The maximum Gasteiger partial charge on any atom is 0.409 e. The van der Waals surface area contributed by atoms with Crippen molar-refractivity contribution in [3.05, 3.63) is 0 Å². The van der Waals surface area contributed by atoms with Crippen LogP contribution in [0.2, 0.25) is 0 Å². The summed E-state index contributed by atoms with van der Waals surface area (Å²) >= 11 is 0. The molecule has 0 rings (SSSR count). The van der Waals surface area contributed by atoms with Gasteiger partial charge in [-0.05, 0) is 27.2 Å². The van der Waals surface area contributed by atoms with E-state index in [1.165, 1.54) is 6.92 Å². The molecule has 0 saturated heterocycles. The Kier molecular flexibility index (Phi) is 4.93. The van der Waals surface area contributed by atoms with E-state index < -0.39 is 33.3 Å². The van der Waals surface area contributed by atoms with E-state index in [2.05, 4.69) is 0 Å². The molecule has 3 N–H and O–H groups in total. The normalized spacial score (nSPS) is 16.1. The predicted molar refractivity (Wildman–Crippen MR) is 61.0 cm³/mol. The molecule has 0 aromatic heterocycles. The lowest BCUT2D eigenvalue weighted by Crippen LogP contribution is -2.53. The van der Waals surface area contributed by atoms with Crippen LogP contribution in [0.3, 0.4) is 0 Å². The van der Waals surface area contributed by atoms with Crippen LogP contribution in [0.25, 0.3) is 0 Å². The number of ether oxygens (including phenoxy) is 1. The molecule has 1 atom stereocenters. The zero-order chi connectivity index (χ0) is 13.9. The van der Waals surface area contributed by atoms with Crippen LogP contribution in [0.5, 0.6) is 0 Å². The number of nitrogens with one attached hydrogen (secondary N) is 1. The van der Waals surface area contributed by atoms with Gasteiger partial charge in [0.25, 0.3) is 10.1 Å². The molecule has 7 nitrogen and oxygen atoms in total. The van der Waals surface area contributed by atoms with Gasteiger partial charge in [0.05, 0.1) is 0 Å². The van der Waals surface area contributed by atoms with Gasteiger partial charge in [-0.3, -0.25) is 9.87 Å². The Morgan fingerprint density at radius 3 is 2.12 bits per heavy atom. The first kappa shape index (κ1) is 16.1. The van der Waals surface area contributed by atoms with Gasteiger partial charge in [0.15, 0.2) is 5.72 Å². The summed E-state index contributed by atoms with van der Waals surface area (Å²) in [5.41, 5.74) is -2.81. The van der Waals surface area contributed by atoms with E-state index in [1.807, 2.05) is 5.32 Å². The van der Waals surface area contributed by atoms with E-state index in [9.17, 15) is 18.3 Å².